The topological polar surface area (TPSA) is 118 Å². The van der Waals surface area contributed by atoms with Gasteiger partial charge in [0.2, 0.25) is 0 Å². The molecule has 9 nitrogen and oxygen atoms in total. The molecule has 2 aliphatic rings. The number of phenols is 1. The quantitative estimate of drug-likeness (QED) is 0.233. The Bertz CT molecular complexity index is 1590. The first-order valence-electron chi connectivity index (χ1n) is 11.4. The van der Waals surface area contributed by atoms with Gasteiger partial charge in [0, 0.05) is 5.56 Å². The maximum atomic E-state index is 13.4. The highest BCUT2D eigenvalue weighted by molar-refractivity contribution is 7.22. The van der Waals surface area contributed by atoms with Gasteiger partial charge < -0.3 is 24.4 Å². The van der Waals surface area contributed by atoms with Crippen molar-refractivity contribution in [3.05, 3.63) is 77.4 Å². The minimum atomic E-state index is -0.976. The Labute approximate surface area is 214 Å². The lowest BCUT2D eigenvalue weighted by molar-refractivity contribution is -0.132. The van der Waals surface area contributed by atoms with Gasteiger partial charge in [0.1, 0.15) is 30.5 Å². The Morgan fingerprint density at radius 1 is 1.03 bits per heavy atom. The predicted octanol–water partition coefficient (Wildman–Crippen LogP) is 4.41. The van der Waals surface area contributed by atoms with Gasteiger partial charge in [0.15, 0.2) is 16.6 Å². The zero-order valence-corrected chi connectivity index (χ0v) is 20.3. The highest BCUT2D eigenvalue weighted by Gasteiger charge is 2.48. The summed E-state index contributed by atoms with van der Waals surface area (Å²) in [5.41, 5.74) is 1.37. The number of ether oxygens (including phenoxy) is 3. The Balaban J connectivity index is 1.52. The van der Waals surface area contributed by atoms with Crippen molar-refractivity contribution in [2.75, 3.05) is 25.2 Å². The lowest BCUT2D eigenvalue weighted by atomic mass is 9.95. The normalized spacial score (nSPS) is 18.4. The molecular formula is C27H20N2O7S. The van der Waals surface area contributed by atoms with E-state index in [-0.39, 0.29) is 17.1 Å². The first-order chi connectivity index (χ1) is 17.9. The van der Waals surface area contributed by atoms with E-state index in [1.54, 1.807) is 55.6 Å². The third kappa shape index (κ3) is 3.82. The molecule has 1 atom stereocenters. The van der Waals surface area contributed by atoms with Crippen molar-refractivity contribution in [1.29, 1.82) is 0 Å². The second kappa shape index (κ2) is 8.82. The number of benzene rings is 3. The lowest BCUT2D eigenvalue weighted by Gasteiger charge is -2.23. The molecule has 1 fully saturated rings. The van der Waals surface area contributed by atoms with Gasteiger partial charge in [0.25, 0.3) is 5.78 Å². The summed E-state index contributed by atoms with van der Waals surface area (Å²) in [5.74, 6) is -0.378. The minimum absolute atomic E-state index is 0.0274. The van der Waals surface area contributed by atoms with Gasteiger partial charge in [-0.3, -0.25) is 14.5 Å². The molecule has 1 amide bonds. The monoisotopic (exact) mass is 516 g/mol. The lowest BCUT2D eigenvalue weighted by Crippen LogP contribution is -2.29. The molecule has 4 aromatic rings. The SMILES string of the molecule is COc1ccc2nc(N3C(=O)C(=O)C(=C(O)c4ccc5c(c4)OCCO5)C3c3ccc(O)cc3)sc2c1. The molecule has 37 heavy (non-hydrogen) atoms. The summed E-state index contributed by atoms with van der Waals surface area (Å²) in [6, 6.07) is 15.3. The average Bonchev–Trinajstić information content (AvgIpc) is 3.46. The summed E-state index contributed by atoms with van der Waals surface area (Å²) >= 11 is 1.23. The largest absolute Gasteiger partial charge is 0.508 e. The summed E-state index contributed by atoms with van der Waals surface area (Å²) in [5, 5.41) is 21.5. The molecular weight excluding hydrogens is 496 g/mol. The molecule has 0 saturated carbocycles. The number of Topliss-reactive ketones (excluding diaryl/α,β-unsaturated/α-hetero) is 1. The Morgan fingerprint density at radius 2 is 1.78 bits per heavy atom. The van der Waals surface area contributed by atoms with Crippen LogP contribution in [0.1, 0.15) is 17.2 Å². The van der Waals surface area contributed by atoms with Crippen molar-refractivity contribution in [1.82, 2.24) is 4.98 Å². The molecule has 10 heteroatoms. The van der Waals surface area contributed by atoms with Crippen molar-refractivity contribution >= 4 is 44.1 Å². The van der Waals surface area contributed by atoms with Crippen LogP contribution in [0.25, 0.3) is 16.0 Å². The molecule has 2 aliphatic heterocycles. The predicted molar refractivity (Wildman–Crippen MR) is 136 cm³/mol. The van der Waals surface area contributed by atoms with Crippen LogP contribution in [0.4, 0.5) is 5.13 Å². The zero-order valence-electron chi connectivity index (χ0n) is 19.5. The number of fused-ring (bicyclic) bond motifs is 2. The number of ketones is 1. The molecule has 3 heterocycles. The Hall–Kier alpha value is -4.57. The average molecular weight is 517 g/mol. The zero-order chi connectivity index (χ0) is 25.7. The number of aromatic hydroxyl groups is 1. The number of carbonyl (C=O) groups excluding carboxylic acids is 2. The van der Waals surface area contributed by atoms with Gasteiger partial charge in [-0.25, -0.2) is 4.98 Å². The molecule has 0 radical (unpaired) electrons. The van der Waals surface area contributed by atoms with E-state index < -0.39 is 17.7 Å². The van der Waals surface area contributed by atoms with Crippen LogP contribution in [0.3, 0.4) is 0 Å². The van der Waals surface area contributed by atoms with Crippen LogP contribution in [0.5, 0.6) is 23.0 Å². The number of aromatic nitrogens is 1. The van der Waals surface area contributed by atoms with Crippen LogP contribution in [0.2, 0.25) is 0 Å². The number of anilines is 1. The molecule has 1 unspecified atom stereocenters. The fourth-order valence-corrected chi connectivity index (χ4v) is 5.49. The standard InChI is InChI=1S/C27H20N2O7S/c1-34-17-7-8-18-21(13-17)37-27(28-18)29-23(14-2-5-16(30)6-3-14)22(25(32)26(29)33)24(31)15-4-9-19-20(12-15)36-11-10-35-19/h2-9,12-13,23,30-31H,10-11H2,1H3. The van der Waals surface area contributed by atoms with Gasteiger partial charge in [-0.15, -0.1) is 0 Å². The number of phenolic OH excluding ortho intramolecular Hbond substituents is 1. The van der Waals surface area contributed by atoms with E-state index in [1.165, 1.54) is 28.4 Å². The first-order valence-corrected chi connectivity index (χ1v) is 12.2. The van der Waals surface area contributed by atoms with E-state index in [0.717, 1.165) is 4.70 Å². The van der Waals surface area contributed by atoms with E-state index in [9.17, 15) is 19.8 Å². The van der Waals surface area contributed by atoms with Gasteiger partial charge in [-0.2, -0.15) is 0 Å². The minimum Gasteiger partial charge on any atom is -0.508 e. The van der Waals surface area contributed by atoms with Crippen molar-refractivity contribution in [3.8, 4) is 23.0 Å². The number of hydrogen-bond acceptors (Lipinski definition) is 9. The molecule has 1 aromatic heterocycles. The molecule has 2 N–H and O–H groups in total. The summed E-state index contributed by atoms with van der Waals surface area (Å²) in [7, 11) is 1.56. The molecule has 0 aliphatic carbocycles. The van der Waals surface area contributed by atoms with E-state index in [4.69, 9.17) is 14.2 Å². The number of amides is 1. The smallest absolute Gasteiger partial charge is 0.301 e. The van der Waals surface area contributed by atoms with Crippen LogP contribution < -0.4 is 19.1 Å². The van der Waals surface area contributed by atoms with Gasteiger partial charge in [-0.1, -0.05) is 23.5 Å². The number of aliphatic hydroxyl groups is 1. The van der Waals surface area contributed by atoms with Crippen LogP contribution in [0.15, 0.2) is 66.2 Å². The summed E-state index contributed by atoms with van der Waals surface area (Å²) in [6.45, 7) is 0.774. The van der Waals surface area contributed by atoms with Crippen molar-refractivity contribution in [2.24, 2.45) is 0 Å². The van der Waals surface area contributed by atoms with Crippen LogP contribution in [0, 0.1) is 0 Å². The number of rotatable bonds is 4. The molecule has 6 rings (SSSR count). The fraction of sp³-hybridized carbons (Fsp3) is 0.148. The third-order valence-electron chi connectivity index (χ3n) is 6.26. The second-order valence-electron chi connectivity index (χ2n) is 8.45. The highest BCUT2D eigenvalue weighted by atomic mass is 32.1. The van der Waals surface area contributed by atoms with E-state index in [0.29, 0.717) is 52.2 Å². The van der Waals surface area contributed by atoms with E-state index >= 15 is 0 Å². The van der Waals surface area contributed by atoms with Gasteiger partial charge in [-0.05, 0) is 54.1 Å². The Kier molecular flexibility index (Phi) is 5.45. The van der Waals surface area contributed by atoms with Crippen molar-refractivity contribution < 1.29 is 34.0 Å². The van der Waals surface area contributed by atoms with E-state index in [1.807, 2.05) is 0 Å². The number of carbonyl (C=O) groups is 2. The number of methoxy groups -OCH3 is 1. The van der Waals surface area contributed by atoms with Crippen molar-refractivity contribution in [2.45, 2.75) is 6.04 Å². The Morgan fingerprint density at radius 3 is 2.54 bits per heavy atom. The van der Waals surface area contributed by atoms with Crippen LogP contribution >= 0.6 is 11.3 Å². The molecule has 3 aromatic carbocycles. The maximum Gasteiger partial charge on any atom is 0.301 e. The highest BCUT2D eigenvalue weighted by Crippen LogP contribution is 2.45. The molecule has 0 bridgehead atoms. The number of thiazole rings is 1. The molecule has 1 saturated heterocycles. The summed E-state index contributed by atoms with van der Waals surface area (Å²) in [4.78, 5) is 32.7. The molecule has 186 valence electrons. The number of hydrogen-bond donors (Lipinski definition) is 2. The summed E-state index contributed by atoms with van der Waals surface area (Å²) in [6.07, 6.45) is 0. The first kappa shape index (κ1) is 22.9. The van der Waals surface area contributed by atoms with Gasteiger partial charge >= 0.3 is 5.91 Å². The fourth-order valence-electron chi connectivity index (χ4n) is 4.47. The number of nitrogens with zero attached hydrogens (tertiary/aromatic N) is 2. The van der Waals surface area contributed by atoms with Crippen molar-refractivity contribution in [3.63, 3.8) is 0 Å². The van der Waals surface area contributed by atoms with Crippen LogP contribution in [-0.4, -0.2) is 47.2 Å². The second-order valence-corrected chi connectivity index (χ2v) is 9.46. The number of aliphatic hydroxyl groups excluding tert-OH is 1. The third-order valence-corrected chi connectivity index (χ3v) is 7.28. The van der Waals surface area contributed by atoms with Crippen LogP contribution in [-0.2, 0) is 9.59 Å². The molecule has 0 spiro atoms. The summed E-state index contributed by atoms with van der Waals surface area (Å²) < 4.78 is 17.2. The van der Waals surface area contributed by atoms with Gasteiger partial charge in [0.05, 0.1) is 28.9 Å². The van der Waals surface area contributed by atoms with E-state index in [2.05, 4.69) is 4.98 Å². The maximum absolute atomic E-state index is 13.4.